The first-order valence-corrected chi connectivity index (χ1v) is 6.00. The monoisotopic (exact) mass is 263 g/mol. The van der Waals surface area contributed by atoms with E-state index in [1.165, 1.54) is 11.3 Å². The van der Waals surface area contributed by atoms with Crippen molar-refractivity contribution in [1.82, 2.24) is 10.3 Å². The van der Waals surface area contributed by atoms with E-state index in [4.69, 9.17) is 16.4 Å². The van der Waals surface area contributed by atoms with Crippen LogP contribution in [0.4, 0.5) is 0 Å². The molecule has 1 rings (SSSR count). The second-order valence-electron chi connectivity index (χ2n) is 3.63. The van der Waals surface area contributed by atoms with Gasteiger partial charge in [-0.2, -0.15) is 10.5 Å². The minimum Gasteiger partial charge on any atom is -0.289 e. The molecule has 0 unspecified atom stereocenters. The summed E-state index contributed by atoms with van der Waals surface area (Å²) in [6.45, 7) is 2.73. The maximum Gasteiger partial charge on any atom is 0.275 e. The number of thiophene rings is 1. The average Bonchev–Trinajstić information content (AvgIpc) is 2.71. The largest absolute Gasteiger partial charge is 0.289 e. The Morgan fingerprint density at radius 2 is 2.11 bits per heavy atom. The number of aryl methyl sites for hydroxylation is 1. The van der Waals surface area contributed by atoms with E-state index in [0.29, 0.717) is 11.4 Å². The van der Waals surface area contributed by atoms with Crippen LogP contribution < -0.4 is 11.3 Å². The summed E-state index contributed by atoms with van der Waals surface area (Å²) in [6.07, 6.45) is 0. The molecule has 94 valence electrons. The minimum atomic E-state index is -0.332. The van der Waals surface area contributed by atoms with Crippen molar-refractivity contribution in [2.75, 3.05) is 13.1 Å². The Morgan fingerprint density at radius 3 is 2.61 bits per heavy atom. The molecule has 0 aliphatic rings. The van der Waals surface area contributed by atoms with Gasteiger partial charge in [0.15, 0.2) is 0 Å². The van der Waals surface area contributed by atoms with Gasteiger partial charge >= 0.3 is 0 Å². The Morgan fingerprint density at radius 1 is 1.50 bits per heavy atom. The van der Waals surface area contributed by atoms with Gasteiger partial charge in [0, 0.05) is 11.4 Å². The standard InChI is InChI=1S/C11H13N5OS/c1-8-9(6-10(18-8)11(17)15-14)7-16(4-2-12)5-3-13/h6H,4-5,7,14H2,1H3,(H,15,17). The van der Waals surface area contributed by atoms with Crippen molar-refractivity contribution in [3.63, 3.8) is 0 Å². The lowest BCUT2D eigenvalue weighted by atomic mass is 10.2. The second kappa shape index (κ2) is 6.72. The zero-order valence-electron chi connectivity index (χ0n) is 9.93. The lowest BCUT2D eigenvalue weighted by molar-refractivity contribution is 0.0957. The van der Waals surface area contributed by atoms with Gasteiger partial charge < -0.3 is 0 Å². The normalized spacial score (nSPS) is 9.83. The third kappa shape index (κ3) is 3.54. The first-order valence-electron chi connectivity index (χ1n) is 5.18. The zero-order valence-corrected chi connectivity index (χ0v) is 10.8. The molecule has 0 aliphatic carbocycles. The summed E-state index contributed by atoms with van der Waals surface area (Å²) in [5.41, 5.74) is 3.01. The lowest BCUT2D eigenvalue weighted by Gasteiger charge is -2.14. The molecule has 7 heteroatoms. The molecule has 3 N–H and O–H groups in total. The highest BCUT2D eigenvalue weighted by Gasteiger charge is 2.13. The van der Waals surface area contributed by atoms with Gasteiger partial charge in [-0.3, -0.25) is 15.1 Å². The van der Waals surface area contributed by atoms with Crippen LogP contribution in [0.5, 0.6) is 0 Å². The summed E-state index contributed by atoms with van der Waals surface area (Å²) in [5, 5.41) is 17.3. The predicted octanol–water partition coefficient (Wildman–Crippen LogP) is 0.509. The van der Waals surface area contributed by atoms with Gasteiger partial charge in [-0.15, -0.1) is 11.3 Å². The smallest absolute Gasteiger partial charge is 0.275 e. The van der Waals surface area contributed by atoms with E-state index < -0.39 is 0 Å². The minimum absolute atomic E-state index is 0.182. The van der Waals surface area contributed by atoms with Gasteiger partial charge in [-0.25, -0.2) is 5.84 Å². The lowest BCUT2D eigenvalue weighted by Crippen LogP contribution is -2.29. The van der Waals surface area contributed by atoms with Crippen LogP contribution in [0.3, 0.4) is 0 Å². The van der Waals surface area contributed by atoms with Crippen LogP contribution in [0.15, 0.2) is 6.07 Å². The maximum absolute atomic E-state index is 11.4. The van der Waals surface area contributed by atoms with Crippen molar-refractivity contribution in [3.8, 4) is 12.1 Å². The fourth-order valence-corrected chi connectivity index (χ4v) is 2.41. The molecule has 0 atom stereocenters. The van der Waals surface area contributed by atoms with Crippen molar-refractivity contribution < 1.29 is 4.79 Å². The summed E-state index contributed by atoms with van der Waals surface area (Å²) in [5.74, 6) is 4.74. The summed E-state index contributed by atoms with van der Waals surface area (Å²) >= 11 is 1.34. The summed E-state index contributed by atoms with van der Waals surface area (Å²) in [7, 11) is 0. The van der Waals surface area contributed by atoms with E-state index in [2.05, 4.69) is 5.43 Å². The van der Waals surface area contributed by atoms with Crippen LogP contribution in [-0.2, 0) is 6.54 Å². The number of carbonyl (C=O) groups excluding carboxylic acids is 1. The first kappa shape index (κ1) is 14.1. The van der Waals surface area contributed by atoms with Gasteiger partial charge in [0.1, 0.15) is 0 Å². The fraction of sp³-hybridized carbons (Fsp3) is 0.364. The Labute approximate surface area is 109 Å². The Bertz CT molecular complexity index is 494. The molecule has 1 aromatic rings. The molecule has 0 bridgehead atoms. The van der Waals surface area contributed by atoms with Gasteiger partial charge in [-0.05, 0) is 18.6 Å². The Hall–Kier alpha value is -1.93. The highest BCUT2D eigenvalue weighted by molar-refractivity contribution is 7.14. The summed E-state index contributed by atoms with van der Waals surface area (Å²) in [4.78, 5) is 14.6. The first-order chi connectivity index (χ1) is 8.62. The number of nitriles is 2. The van der Waals surface area contributed by atoms with Crippen molar-refractivity contribution in [2.24, 2.45) is 5.84 Å². The van der Waals surface area contributed by atoms with Crippen LogP contribution >= 0.6 is 11.3 Å². The van der Waals surface area contributed by atoms with E-state index in [0.717, 1.165) is 10.4 Å². The Kier molecular flexibility index (Phi) is 5.28. The number of amides is 1. The fourth-order valence-electron chi connectivity index (χ4n) is 1.47. The SMILES string of the molecule is Cc1sc(C(=O)NN)cc1CN(CC#N)CC#N. The number of nitrogens with zero attached hydrogens (tertiary/aromatic N) is 3. The molecule has 0 fully saturated rings. The van der Waals surface area contributed by atoms with Crippen molar-refractivity contribution in [1.29, 1.82) is 10.5 Å². The molecule has 0 aromatic carbocycles. The molecule has 1 aromatic heterocycles. The van der Waals surface area contributed by atoms with Gasteiger partial charge in [-0.1, -0.05) is 0 Å². The number of nitrogen functional groups attached to an aromatic ring is 1. The number of rotatable bonds is 5. The number of nitrogens with one attached hydrogen (secondary N) is 1. The molecular formula is C11H13N5OS. The molecule has 0 saturated heterocycles. The number of hydrogen-bond donors (Lipinski definition) is 2. The van der Waals surface area contributed by atoms with E-state index in [9.17, 15) is 4.79 Å². The van der Waals surface area contributed by atoms with Crippen LogP contribution in [0, 0.1) is 29.6 Å². The average molecular weight is 263 g/mol. The molecular weight excluding hydrogens is 250 g/mol. The summed E-state index contributed by atoms with van der Waals surface area (Å²) < 4.78 is 0. The van der Waals surface area contributed by atoms with Gasteiger partial charge in [0.25, 0.3) is 5.91 Å². The molecule has 18 heavy (non-hydrogen) atoms. The van der Waals surface area contributed by atoms with Gasteiger partial charge in [0.2, 0.25) is 0 Å². The molecule has 6 nitrogen and oxygen atoms in total. The predicted molar refractivity (Wildman–Crippen MR) is 67.2 cm³/mol. The maximum atomic E-state index is 11.4. The van der Waals surface area contributed by atoms with Crippen LogP contribution in [-0.4, -0.2) is 23.9 Å². The molecule has 0 aliphatic heterocycles. The number of hydrazine groups is 1. The molecule has 1 amide bonds. The van der Waals surface area contributed by atoms with Crippen LogP contribution in [0.25, 0.3) is 0 Å². The van der Waals surface area contributed by atoms with Crippen molar-refractivity contribution in [2.45, 2.75) is 13.5 Å². The van der Waals surface area contributed by atoms with Gasteiger partial charge in [0.05, 0.1) is 30.1 Å². The van der Waals surface area contributed by atoms with E-state index >= 15 is 0 Å². The second-order valence-corrected chi connectivity index (χ2v) is 4.88. The molecule has 1 heterocycles. The quantitative estimate of drug-likeness (QED) is 0.348. The third-order valence-corrected chi connectivity index (χ3v) is 3.45. The van der Waals surface area contributed by atoms with Crippen molar-refractivity contribution in [3.05, 3.63) is 21.4 Å². The molecule has 0 spiro atoms. The van der Waals surface area contributed by atoms with E-state index in [-0.39, 0.29) is 19.0 Å². The van der Waals surface area contributed by atoms with Crippen LogP contribution in [0.1, 0.15) is 20.1 Å². The third-order valence-electron chi connectivity index (χ3n) is 2.36. The zero-order chi connectivity index (χ0) is 13.5. The highest BCUT2D eigenvalue weighted by atomic mass is 32.1. The Balaban J connectivity index is 2.84. The van der Waals surface area contributed by atoms with E-state index in [1.54, 1.807) is 11.0 Å². The number of nitrogens with two attached hydrogens (primary N) is 1. The topological polar surface area (TPSA) is 106 Å². The van der Waals surface area contributed by atoms with E-state index in [1.807, 2.05) is 19.1 Å². The summed E-state index contributed by atoms with van der Waals surface area (Å²) in [6, 6.07) is 5.76. The highest BCUT2D eigenvalue weighted by Crippen LogP contribution is 2.22. The number of carbonyl (C=O) groups is 1. The number of hydrogen-bond acceptors (Lipinski definition) is 6. The molecule has 0 radical (unpaired) electrons. The van der Waals surface area contributed by atoms with Crippen LogP contribution in [0.2, 0.25) is 0 Å². The van der Waals surface area contributed by atoms with Crippen molar-refractivity contribution >= 4 is 17.2 Å². The molecule has 0 saturated carbocycles.